The van der Waals surface area contributed by atoms with Crippen molar-refractivity contribution < 1.29 is 28.6 Å². The van der Waals surface area contributed by atoms with E-state index in [0.717, 1.165) is 83.5 Å². The lowest BCUT2D eigenvalue weighted by atomic mass is 10.0. The Bertz CT molecular complexity index is 989. The summed E-state index contributed by atoms with van der Waals surface area (Å²) in [6.45, 7) is 6.60. The van der Waals surface area contributed by atoms with E-state index in [-0.39, 0.29) is 31.1 Å². The molecule has 0 bridgehead atoms. The summed E-state index contributed by atoms with van der Waals surface area (Å²) in [6, 6.07) is 0. The number of carbonyl (C=O) groups excluding carboxylic acids is 3. The lowest BCUT2D eigenvalue weighted by molar-refractivity contribution is -0.167. The second-order valence-electron chi connectivity index (χ2n) is 18.2. The van der Waals surface area contributed by atoms with Gasteiger partial charge >= 0.3 is 17.9 Å². The molecule has 0 N–H and O–H groups in total. The number of hydrogen-bond acceptors (Lipinski definition) is 6. The predicted molar refractivity (Wildman–Crippen MR) is 261 cm³/mol. The van der Waals surface area contributed by atoms with E-state index in [1.807, 2.05) is 0 Å². The summed E-state index contributed by atoms with van der Waals surface area (Å²) in [5, 5.41) is 0. The second-order valence-corrected chi connectivity index (χ2v) is 18.2. The molecule has 0 aromatic carbocycles. The summed E-state index contributed by atoms with van der Waals surface area (Å²) < 4.78 is 16.8. The van der Waals surface area contributed by atoms with Gasteiger partial charge in [0.1, 0.15) is 13.2 Å². The Morgan fingerprint density at radius 3 is 0.951 bits per heavy atom. The molecule has 0 amide bonds. The van der Waals surface area contributed by atoms with Crippen molar-refractivity contribution in [2.24, 2.45) is 0 Å². The Morgan fingerprint density at radius 1 is 0.328 bits per heavy atom. The average molecular weight is 859 g/mol. The number of hydrogen-bond donors (Lipinski definition) is 0. The monoisotopic (exact) mass is 859 g/mol. The van der Waals surface area contributed by atoms with Gasteiger partial charge in [0, 0.05) is 19.3 Å². The van der Waals surface area contributed by atoms with Crippen LogP contribution in [0.4, 0.5) is 0 Å². The van der Waals surface area contributed by atoms with Gasteiger partial charge in [0.25, 0.3) is 0 Å². The number of rotatable bonds is 49. The van der Waals surface area contributed by atoms with Crippen molar-refractivity contribution in [2.45, 2.75) is 297 Å². The maximum absolute atomic E-state index is 12.8. The zero-order valence-corrected chi connectivity index (χ0v) is 40.9. The SMILES string of the molecule is CCCC/C=C\C/C=C\CCCCCCCC(=O)OC(COC(=O)CCCCCCCCCCC)COC(=O)CCCCCCCCCCCCCCCCCCCCCC. The minimum atomic E-state index is -0.772. The quantitative estimate of drug-likeness (QED) is 0.0262. The van der Waals surface area contributed by atoms with Crippen LogP contribution in [0.3, 0.4) is 0 Å². The van der Waals surface area contributed by atoms with Crippen LogP contribution >= 0.6 is 0 Å². The summed E-state index contributed by atoms with van der Waals surface area (Å²) >= 11 is 0. The first-order valence-corrected chi connectivity index (χ1v) is 26.8. The molecule has 0 aromatic heterocycles. The molecule has 0 saturated heterocycles. The molecule has 358 valence electrons. The van der Waals surface area contributed by atoms with Crippen LogP contribution in [0.5, 0.6) is 0 Å². The van der Waals surface area contributed by atoms with Crippen molar-refractivity contribution in [3.63, 3.8) is 0 Å². The van der Waals surface area contributed by atoms with E-state index in [4.69, 9.17) is 14.2 Å². The zero-order valence-electron chi connectivity index (χ0n) is 40.9. The van der Waals surface area contributed by atoms with Crippen LogP contribution in [0, 0.1) is 0 Å². The Morgan fingerprint density at radius 2 is 0.607 bits per heavy atom. The lowest BCUT2D eigenvalue weighted by Gasteiger charge is -2.18. The van der Waals surface area contributed by atoms with Gasteiger partial charge in [0.2, 0.25) is 0 Å². The van der Waals surface area contributed by atoms with Gasteiger partial charge in [0.05, 0.1) is 0 Å². The number of ether oxygens (including phenoxy) is 3. The number of unbranched alkanes of at least 4 members (excludes halogenated alkanes) is 34. The summed E-state index contributed by atoms with van der Waals surface area (Å²) in [5.74, 6) is -0.874. The van der Waals surface area contributed by atoms with Crippen LogP contribution in [0.15, 0.2) is 24.3 Å². The molecular formula is C55H102O6. The first kappa shape index (κ1) is 58.9. The maximum atomic E-state index is 12.8. The molecule has 0 fully saturated rings. The van der Waals surface area contributed by atoms with E-state index in [9.17, 15) is 14.4 Å². The van der Waals surface area contributed by atoms with E-state index < -0.39 is 6.10 Å². The lowest BCUT2D eigenvalue weighted by Crippen LogP contribution is -2.30. The molecule has 61 heavy (non-hydrogen) atoms. The fourth-order valence-corrected chi connectivity index (χ4v) is 7.87. The first-order chi connectivity index (χ1) is 30.0. The van der Waals surface area contributed by atoms with Crippen LogP contribution in [0.1, 0.15) is 290 Å². The fraction of sp³-hybridized carbons (Fsp3) is 0.873. The number of carbonyl (C=O) groups is 3. The highest BCUT2D eigenvalue weighted by Crippen LogP contribution is 2.16. The van der Waals surface area contributed by atoms with Gasteiger partial charge in [-0.1, -0.05) is 251 Å². The highest BCUT2D eigenvalue weighted by molar-refractivity contribution is 5.71. The summed E-state index contributed by atoms with van der Waals surface area (Å²) in [4.78, 5) is 37.9. The molecule has 6 nitrogen and oxygen atoms in total. The molecule has 0 saturated carbocycles. The summed E-state index contributed by atoms with van der Waals surface area (Å²) in [5.41, 5.74) is 0. The first-order valence-electron chi connectivity index (χ1n) is 26.8. The fourth-order valence-electron chi connectivity index (χ4n) is 7.87. The minimum Gasteiger partial charge on any atom is -0.462 e. The normalized spacial score (nSPS) is 12.1. The largest absolute Gasteiger partial charge is 0.462 e. The van der Waals surface area contributed by atoms with E-state index in [2.05, 4.69) is 45.1 Å². The minimum absolute atomic E-state index is 0.0723. The van der Waals surface area contributed by atoms with Crippen molar-refractivity contribution in [1.29, 1.82) is 0 Å². The van der Waals surface area contributed by atoms with Crippen LogP contribution in [-0.2, 0) is 28.6 Å². The third kappa shape index (κ3) is 48.8. The Kier molecular flexibility index (Phi) is 48.8. The molecule has 1 unspecified atom stereocenters. The van der Waals surface area contributed by atoms with Crippen molar-refractivity contribution in [1.82, 2.24) is 0 Å². The van der Waals surface area contributed by atoms with Crippen molar-refractivity contribution in [3.05, 3.63) is 24.3 Å². The van der Waals surface area contributed by atoms with Gasteiger partial charge in [-0.15, -0.1) is 0 Å². The number of esters is 3. The van der Waals surface area contributed by atoms with Gasteiger partial charge in [-0.3, -0.25) is 14.4 Å². The Balaban J connectivity index is 4.23. The standard InChI is InChI=1S/C55H102O6/c1-4-7-10-13-16-19-21-23-25-26-27-28-29-30-32-33-36-39-42-45-48-54(57)60-51-52(50-59-53(56)47-44-41-38-35-18-15-12-9-6-3)61-55(58)49-46-43-40-37-34-31-24-22-20-17-14-11-8-5-2/h14,17,22,24,52H,4-13,15-16,18-21,23,25-51H2,1-3H3/b17-14-,24-22-. The topological polar surface area (TPSA) is 78.9 Å². The molecule has 0 aliphatic carbocycles. The second kappa shape index (κ2) is 50.5. The molecule has 0 aromatic rings. The molecule has 0 spiro atoms. The van der Waals surface area contributed by atoms with Gasteiger partial charge in [-0.2, -0.15) is 0 Å². The maximum Gasteiger partial charge on any atom is 0.306 e. The van der Waals surface area contributed by atoms with Crippen LogP contribution in [0.25, 0.3) is 0 Å². The van der Waals surface area contributed by atoms with E-state index >= 15 is 0 Å². The smallest absolute Gasteiger partial charge is 0.306 e. The molecule has 0 aliphatic heterocycles. The van der Waals surface area contributed by atoms with Crippen molar-refractivity contribution >= 4 is 17.9 Å². The molecule has 0 rings (SSSR count). The van der Waals surface area contributed by atoms with Crippen LogP contribution < -0.4 is 0 Å². The molecule has 1 atom stereocenters. The summed E-state index contributed by atoms with van der Waals surface area (Å²) in [6.07, 6.45) is 57.4. The highest BCUT2D eigenvalue weighted by Gasteiger charge is 2.19. The van der Waals surface area contributed by atoms with Crippen molar-refractivity contribution in [3.8, 4) is 0 Å². The number of allylic oxidation sites excluding steroid dienone is 4. The van der Waals surface area contributed by atoms with Crippen molar-refractivity contribution in [2.75, 3.05) is 13.2 Å². The van der Waals surface area contributed by atoms with Gasteiger partial charge in [-0.05, 0) is 44.9 Å². The molecular weight excluding hydrogens is 757 g/mol. The van der Waals surface area contributed by atoms with Gasteiger partial charge in [0.15, 0.2) is 6.10 Å². The Labute approximate surface area is 379 Å². The predicted octanol–water partition coefficient (Wildman–Crippen LogP) is 17.5. The van der Waals surface area contributed by atoms with Crippen LogP contribution in [0.2, 0.25) is 0 Å². The van der Waals surface area contributed by atoms with E-state index in [0.29, 0.717) is 19.3 Å². The van der Waals surface area contributed by atoms with Gasteiger partial charge in [-0.25, -0.2) is 0 Å². The Hall–Kier alpha value is -2.11. The molecule has 0 radical (unpaired) electrons. The van der Waals surface area contributed by atoms with E-state index in [1.54, 1.807) is 0 Å². The van der Waals surface area contributed by atoms with Gasteiger partial charge < -0.3 is 14.2 Å². The average Bonchev–Trinajstić information content (AvgIpc) is 3.26. The van der Waals surface area contributed by atoms with Crippen LogP contribution in [-0.4, -0.2) is 37.2 Å². The third-order valence-corrected chi connectivity index (χ3v) is 12.0. The highest BCUT2D eigenvalue weighted by atomic mass is 16.6. The van der Waals surface area contributed by atoms with E-state index in [1.165, 1.54) is 167 Å². The molecule has 0 heterocycles. The molecule has 6 heteroatoms. The summed E-state index contributed by atoms with van der Waals surface area (Å²) in [7, 11) is 0. The zero-order chi connectivity index (χ0) is 44.4. The molecule has 0 aliphatic rings. The third-order valence-electron chi connectivity index (χ3n) is 12.0.